The van der Waals surface area contributed by atoms with Crippen LogP contribution in [0.4, 0.5) is 0 Å². The number of carbonyl (C=O) groups is 2. The Kier molecular flexibility index (Phi) is 4.36. The predicted octanol–water partition coefficient (Wildman–Crippen LogP) is -2.60. The topological polar surface area (TPSA) is 174 Å². The maximum Gasteiger partial charge on any atom is 0.338 e. The van der Waals surface area contributed by atoms with Gasteiger partial charge in [0.15, 0.2) is 23.7 Å². The molecule has 3 heterocycles. The molecule has 1 aromatic rings. The molecule has 30 heavy (non-hydrogen) atoms. The smallest absolute Gasteiger partial charge is 0.338 e. The monoisotopic (exact) mass is 417 g/mol. The third-order valence-electron chi connectivity index (χ3n) is 5.71. The largest absolute Gasteiger partial charge is 0.451 e. The predicted molar refractivity (Wildman–Crippen MR) is 103 cm³/mol. The van der Waals surface area contributed by atoms with Crippen molar-refractivity contribution in [1.29, 1.82) is 10.8 Å². The normalized spacial score (nSPS) is 31.1. The Morgan fingerprint density at radius 3 is 2.50 bits per heavy atom. The van der Waals surface area contributed by atoms with E-state index in [2.05, 4.69) is 16.0 Å². The molecule has 0 bridgehead atoms. The first kappa shape index (κ1) is 19.9. The van der Waals surface area contributed by atoms with Crippen LogP contribution in [-0.4, -0.2) is 94.1 Å². The van der Waals surface area contributed by atoms with Gasteiger partial charge in [0.25, 0.3) is 0 Å². The minimum atomic E-state index is -2.73. The maximum absolute atomic E-state index is 12.7. The lowest BCUT2D eigenvalue weighted by Crippen LogP contribution is -2.81. The Morgan fingerprint density at radius 1 is 1.20 bits per heavy atom. The Hall–Kier alpha value is -3.38. The summed E-state index contributed by atoms with van der Waals surface area (Å²) < 4.78 is 5.40. The molecule has 4 rings (SSSR count). The van der Waals surface area contributed by atoms with Crippen molar-refractivity contribution < 1.29 is 24.5 Å². The van der Waals surface area contributed by atoms with E-state index in [1.807, 2.05) is 0 Å². The standard InChI is InChI=1S/C18H23N7O5/c1-24(2)13(26)11-12-17(23-15(19)22-12)18(28,29)10(8-25(17)16(20)21-11)30-14(27)9-6-4-3-5-7-9/h3-7,10-12,28-29H,8H2,1-2H3,(H2,20,21)(H3,19,22,23)/t10-,11+,12?,17?/m0/s1. The summed E-state index contributed by atoms with van der Waals surface area (Å²) in [6.07, 6.45) is -1.46. The van der Waals surface area contributed by atoms with Gasteiger partial charge >= 0.3 is 5.97 Å². The van der Waals surface area contributed by atoms with E-state index in [-0.39, 0.29) is 24.0 Å². The van der Waals surface area contributed by atoms with E-state index in [4.69, 9.17) is 15.6 Å². The van der Waals surface area contributed by atoms with E-state index in [1.165, 1.54) is 36.0 Å². The number of amides is 1. The van der Waals surface area contributed by atoms with Gasteiger partial charge in [0.05, 0.1) is 12.1 Å². The molecule has 7 N–H and O–H groups in total. The van der Waals surface area contributed by atoms with Gasteiger partial charge in [0, 0.05) is 14.1 Å². The van der Waals surface area contributed by atoms with Gasteiger partial charge in [0.1, 0.15) is 12.1 Å². The highest BCUT2D eigenvalue weighted by Crippen LogP contribution is 2.44. The molecule has 0 radical (unpaired) electrons. The van der Waals surface area contributed by atoms with Gasteiger partial charge in [-0.25, -0.2) is 4.79 Å². The van der Waals surface area contributed by atoms with Crippen LogP contribution in [0.15, 0.2) is 30.3 Å². The van der Waals surface area contributed by atoms with E-state index in [0.29, 0.717) is 0 Å². The minimum absolute atomic E-state index is 0.228. The van der Waals surface area contributed by atoms with E-state index < -0.39 is 41.5 Å². The summed E-state index contributed by atoms with van der Waals surface area (Å²) in [6, 6.07) is 5.98. The number of benzene rings is 1. The lowest BCUT2D eigenvalue weighted by Gasteiger charge is -2.50. The number of hydrogen-bond acceptors (Lipinski definition) is 7. The van der Waals surface area contributed by atoms with Crippen LogP contribution in [0.25, 0.3) is 0 Å². The molecule has 12 nitrogen and oxygen atoms in total. The van der Waals surface area contributed by atoms with Gasteiger partial charge in [-0.05, 0) is 12.1 Å². The lowest BCUT2D eigenvalue weighted by molar-refractivity contribution is -0.257. The quantitative estimate of drug-likeness (QED) is 0.205. The average molecular weight is 417 g/mol. The number of guanidine groups is 2. The highest BCUT2D eigenvalue weighted by atomic mass is 16.6. The van der Waals surface area contributed by atoms with E-state index >= 15 is 0 Å². The van der Waals surface area contributed by atoms with Crippen LogP contribution in [-0.2, 0) is 9.53 Å². The van der Waals surface area contributed by atoms with E-state index in [1.54, 1.807) is 18.2 Å². The molecule has 1 aromatic carbocycles. The highest BCUT2D eigenvalue weighted by Gasteiger charge is 2.76. The Bertz CT molecular complexity index is 921. The number of nitrogens with zero attached hydrogens (tertiary/aromatic N) is 2. The second-order valence-corrected chi connectivity index (χ2v) is 7.69. The third kappa shape index (κ3) is 2.60. The summed E-state index contributed by atoms with van der Waals surface area (Å²) in [5, 5.41) is 46.9. The maximum atomic E-state index is 12.7. The van der Waals surface area contributed by atoms with Crippen LogP contribution in [0.3, 0.4) is 0 Å². The number of ether oxygens (including phenoxy) is 1. The van der Waals surface area contributed by atoms with Gasteiger partial charge in [-0.3, -0.25) is 15.6 Å². The first-order chi connectivity index (χ1) is 14.1. The lowest BCUT2D eigenvalue weighted by atomic mass is 9.84. The summed E-state index contributed by atoms with van der Waals surface area (Å²) in [7, 11) is 3.06. The fourth-order valence-electron chi connectivity index (χ4n) is 4.28. The summed E-state index contributed by atoms with van der Waals surface area (Å²) in [5.41, 5.74) is -1.64. The summed E-state index contributed by atoms with van der Waals surface area (Å²) in [5.74, 6) is -4.42. The van der Waals surface area contributed by atoms with Crippen LogP contribution in [0.1, 0.15) is 10.4 Å². The average Bonchev–Trinajstić information content (AvgIpc) is 3.16. The van der Waals surface area contributed by atoms with Crippen molar-refractivity contribution in [3.63, 3.8) is 0 Å². The van der Waals surface area contributed by atoms with E-state index in [0.717, 1.165) is 0 Å². The summed E-state index contributed by atoms with van der Waals surface area (Å²) >= 11 is 0. The van der Waals surface area contributed by atoms with Crippen molar-refractivity contribution in [2.45, 2.75) is 29.6 Å². The number of nitrogens with one attached hydrogen (secondary N) is 5. The Morgan fingerprint density at radius 2 is 1.87 bits per heavy atom. The zero-order valence-corrected chi connectivity index (χ0v) is 16.3. The first-order valence-corrected chi connectivity index (χ1v) is 9.27. The molecule has 1 spiro atoms. The molecule has 0 aromatic heterocycles. The molecule has 3 aliphatic rings. The number of esters is 1. The fourth-order valence-corrected chi connectivity index (χ4v) is 4.28. The van der Waals surface area contributed by atoms with Crippen LogP contribution < -0.4 is 16.0 Å². The zero-order valence-electron chi connectivity index (χ0n) is 16.3. The van der Waals surface area contributed by atoms with Gasteiger partial charge in [-0.2, -0.15) is 0 Å². The van der Waals surface area contributed by atoms with Gasteiger partial charge in [-0.15, -0.1) is 0 Å². The van der Waals surface area contributed by atoms with Crippen molar-refractivity contribution in [3.8, 4) is 0 Å². The number of aliphatic hydroxyl groups is 2. The van der Waals surface area contributed by atoms with Crippen LogP contribution in [0, 0.1) is 10.8 Å². The van der Waals surface area contributed by atoms with Crippen molar-refractivity contribution in [3.05, 3.63) is 35.9 Å². The second kappa shape index (κ2) is 6.57. The molecule has 3 aliphatic heterocycles. The Balaban J connectivity index is 1.71. The molecular formula is C18H23N7O5. The molecule has 160 valence electrons. The molecular weight excluding hydrogens is 394 g/mol. The number of likely N-dealkylation sites (N-methyl/N-ethyl adjacent to an activating group) is 1. The molecule has 1 amide bonds. The van der Waals surface area contributed by atoms with Crippen LogP contribution >= 0.6 is 0 Å². The summed E-state index contributed by atoms with van der Waals surface area (Å²) in [4.78, 5) is 27.8. The number of hydrogen-bond donors (Lipinski definition) is 7. The molecule has 4 atom stereocenters. The Labute approximate surface area is 171 Å². The van der Waals surface area contributed by atoms with Crippen molar-refractivity contribution in [1.82, 2.24) is 25.8 Å². The van der Waals surface area contributed by atoms with Gasteiger partial charge < -0.3 is 40.7 Å². The molecule has 0 saturated carbocycles. The third-order valence-corrected chi connectivity index (χ3v) is 5.71. The zero-order chi connectivity index (χ0) is 21.8. The van der Waals surface area contributed by atoms with Crippen molar-refractivity contribution in [2.24, 2.45) is 0 Å². The fraction of sp³-hybridized carbons (Fsp3) is 0.444. The van der Waals surface area contributed by atoms with Crippen LogP contribution in [0.5, 0.6) is 0 Å². The van der Waals surface area contributed by atoms with Gasteiger partial charge in [-0.1, -0.05) is 18.2 Å². The molecule has 3 saturated heterocycles. The second-order valence-electron chi connectivity index (χ2n) is 7.69. The molecule has 12 heteroatoms. The van der Waals surface area contributed by atoms with Crippen molar-refractivity contribution in [2.75, 3.05) is 20.6 Å². The highest BCUT2D eigenvalue weighted by molar-refractivity contribution is 5.95. The van der Waals surface area contributed by atoms with E-state index in [9.17, 15) is 19.8 Å². The van der Waals surface area contributed by atoms with Crippen LogP contribution in [0.2, 0.25) is 0 Å². The van der Waals surface area contributed by atoms with Crippen molar-refractivity contribution >= 4 is 23.8 Å². The molecule has 0 aliphatic carbocycles. The first-order valence-electron chi connectivity index (χ1n) is 9.27. The number of carbonyl (C=O) groups excluding carboxylic acids is 2. The molecule has 2 unspecified atom stereocenters. The number of rotatable bonds is 3. The van der Waals surface area contributed by atoms with Gasteiger partial charge in [0.2, 0.25) is 11.7 Å². The minimum Gasteiger partial charge on any atom is -0.451 e. The summed E-state index contributed by atoms with van der Waals surface area (Å²) in [6.45, 7) is -0.237. The SMILES string of the molecule is CN(C)C(=O)[C@@H]1NC(=N)N2C[C@H](OC(=O)c3ccccc3)C(O)(O)C23NC(=N)NC13. The molecule has 3 fully saturated rings.